The molecule has 0 radical (unpaired) electrons. The summed E-state index contributed by atoms with van der Waals surface area (Å²) in [5.41, 5.74) is 0. The molecule has 0 aromatic carbocycles. The number of aliphatic hydroxyl groups excluding tert-OH is 3. The molecule has 3 unspecified atom stereocenters. The quantitative estimate of drug-likeness (QED) is 0.0361. The van der Waals surface area contributed by atoms with Gasteiger partial charge in [0.15, 0.2) is 0 Å². The van der Waals surface area contributed by atoms with Gasteiger partial charge in [0.25, 0.3) is 0 Å². The van der Waals surface area contributed by atoms with Crippen molar-refractivity contribution < 1.29 is 20.1 Å². The van der Waals surface area contributed by atoms with Crippen molar-refractivity contribution in [2.24, 2.45) is 0 Å². The van der Waals surface area contributed by atoms with E-state index in [0.29, 0.717) is 12.8 Å². The van der Waals surface area contributed by atoms with Gasteiger partial charge in [0, 0.05) is 6.42 Å². The van der Waals surface area contributed by atoms with Crippen molar-refractivity contribution in [3.8, 4) is 0 Å². The maximum Gasteiger partial charge on any atom is 0.220 e. The van der Waals surface area contributed by atoms with Crippen LogP contribution in [-0.4, -0.2) is 46.1 Å². The standard InChI is InChI=1S/C63H125NO4/c1-3-5-7-9-11-13-15-17-19-21-23-25-27-29-30-31-32-33-34-36-38-40-42-44-46-48-50-52-54-56-58-62(67)64-60(59-65)63(68)61(66)57-55-53-51-49-47-45-43-41-39-37-35-28-26-24-22-20-18-16-14-12-10-8-6-4-2/h49,51,60-61,63,65-66,68H,3-48,50,52-59H2,1-2H3,(H,64,67)/b51-49+. The van der Waals surface area contributed by atoms with Crippen molar-refractivity contribution in [3.63, 3.8) is 0 Å². The largest absolute Gasteiger partial charge is 0.394 e. The van der Waals surface area contributed by atoms with E-state index in [0.717, 1.165) is 38.5 Å². The van der Waals surface area contributed by atoms with E-state index in [4.69, 9.17) is 0 Å². The number of aliphatic hydroxyl groups is 3. The highest BCUT2D eigenvalue weighted by molar-refractivity contribution is 5.76. The van der Waals surface area contributed by atoms with Crippen LogP contribution >= 0.6 is 0 Å². The van der Waals surface area contributed by atoms with Crippen LogP contribution in [-0.2, 0) is 4.79 Å². The van der Waals surface area contributed by atoms with Gasteiger partial charge in [-0.05, 0) is 38.5 Å². The molecule has 68 heavy (non-hydrogen) atoms. The number of hydrogen-bond donors (Lipinski definition) is 4. The summed E-state index contributed by atoms with van der Waals surface area (Å²) >= 11 is 0. The normalized spacial score (nSPS) is 13.2. The van der Waals surface area contributed by atoms with E-state index in [-0.39, 0.29) is 12.5 Å². The van der Waals surface area contributed by atoms with Crippen molar-refractivity contribution in [2.75, 3.05) is 6.61 Å². The zero-order valence-electron chi connectivity index (χ0n) is 46.5. The van der Waals surface area contributed by atoms with Gasteiger partial charge in [0.2, 0.25) is 5.91 Å². The lowest BCUT2D eigenvalue weighted by Crippen LogP contribution is -2.50. The molecule has 0 saturated carbocycles. The van der Waals surface area contributed by atoms with E-state index in [2.05, 4.69) is 31.3 Å². The first-order chi connectivity index (χ1) is 33.6. The zero-order chi connectivity index (χ0) is 49.3. The van der Waals surface area contributed by atoms with Crippen LogP contribution in [0.2, 0.25) is 0 Å². The van der Waals surface area contributed by atoms with Gasteiger partial charge in [-0.2, -0.15) is 0 Å². The van der Waals surface area contributed by atoms with E-state index in [1.807, 2.05) is 0 Å². The molecule has 0 fully saturated rings. The monoisotopic (exact) mass is 960 g/mol. The minimum atomic E-state index is -1.16. The summed E-state index contributed by atoms with van der Waals surface area (Å²) in [6.45, 7) is 4.22. The Hall–Kier alpha value is -0.910. The lowest BCUT2D eigenvalue weighted by molar-refractivity contribution is -0.124. The summed E-state index contributed by atoms with van der Waals surface area (Å²) in [5, 5.41) is 33.8. The van der Waals surface area contributed by atoms with Crippen molar-refractivity contribution in [2.45, 2.75) is 379 Å². The minimum absolute atomic E-state index is 0.145. The molecule has 0 heterocycles. The Morgan fingerprint density at radius 1 is 0.353 bits per heavy atom. The number of allylic oxidation sites excluding steroid dienone is 2. The second-order valence-corrected chi connectivity index (χ2v) is 22.0. The number of rotatable bonds is 59. The molecule has 0 rings (SSSR count). The zero-order valence-corrected chi connectivity index (χ0v) is 46.5. The van der Waals surface area contributed by atoms with Gasteiger partial charge in [0.05, 0.1) is 18.8 Å². The van der Waals surface area contributed by atoms with Gasteiger partial charge in [-0.3, -0.25) is 4.79 Å². The van der Waals surface area contributed by atoms with Gasteiger partial charge in [-0.1, -0.05) is 328 Å². The Balaban J connectivity index is 3.49. The highest BCUT2D eigenvalue weighted by atomic mass is 16.3. The summed E-state index contributed by atoms with van der Waals surface area (Å²) in [5.74, 6) is -0.145. The molecule has 5 nitrogen and oxygen atoms in total. The lowest BCUT2D eigenvalue weighted by Gasteiger charge is -2.26. The molecule has 0 aromatic heterocycles. The van der Waals surface area contributed by atoms with Crippen molar-refractivity contribution in [1.29, 1.82) is 0 Å². The van der Waals surface area contributed by atoms with Crippen LogP contribution in [0.3, 0.4) is 0 Å². The summed E-state index contributed by atoms with van der Waals surface area (Å²) in [7, 11) is 0. The number of carbonyl (C=O) groups is 1. The average Bonchev–Trinajstić information content (AvgIpc) is 3.34. The van der Waals surface area contributed by atoms with Crippen LogP contribution in [0, 0.1) is 0 Å². The third-order valence-electron chi connectivity index (χ3n) is 15.1. The molecule has 0 spiro atoms. The van der Waals surface area contributed by atoms with Gasteiger partial charge >= 0.3 is 0 Å². The SMILES string of the molecule is CCCCCCCCCCCCCCCCCCCCC/C=C/CCCC(O)C(O)C(CO)NC(=O)CCCCCCCCCCCCCCCCCCCCCCCCCCCCCCCC. The first-order valence-electron chi connectivity index (χ1n) is 31.5. The number of nitrogens with one attached hydrogen (secondary N) is 1. The molecular formula is C63H125NO4. The van der Waals surface area contributed by atoms with E-state index >= 15 is 0 Å². The second kappa shape index (κ2) is 58.7. The fraction of sp³-hybridized carbons (Fsp3) is 0.952. The summed E-state index contributed by atoms with van der Waals surface area (Å²) in [6, 6.07) is -0.823. The van der Waals surface area contributed by atoms with E-state index in [1.165, 1.54) is 295 Å². The van der Waals surface area contributed by atoms with Crippen LogP contribution < -0.4 is 5.32 Å². The van der Waals surface area contributed by atoms with Gasteiger partial charge in [0.1, 0.15) is 6.10 Å². The number of unbranched alkanes of at least 4 members (excludes halogenated alkanes) is 49. The minimum Gasteiger partial charge on any atom is -0.394 e. The van der Waals surface area contributed by atoms with Crippen molar-refractivity contribution >= 4 is 5.91 Å². The maximum absolute atomic E-state index is 12.5. The molecule has 0 aromatic rings. The fourth-order valence-electron chi connectivity index (χ4n) is 10.3. The molecule has 0 bridgehead atoms. The molecule has 0 aliphatic rings. The van der Waals surface area contributed by atoms with Gasteiger partial charge in [-0.25, -0.2) is 0 Å². The van der Waals surface area contributed by atoms with E-state index in [9.17, 15) is 20.1 Å². The first kappa shape index (κ1) is 67.1. The molecule has 5 heteroatoms. The topological polar surface area (TPSA) is 89.8 Å². The Morgan fingerprint density at radius 3 is 0.853 bits per heavy atom. The number of hydrogen-bond acceptors (Lipinski definition) is 4. The van der Waals surface area contributed by atoms with Gasteiger partial charge in [-0.15, -0.1) is 0 Å². The molecule has 3 atom stereocenters. The summed E-state index contributed by atoms with van der Waals surface area (Å²) in [4.78, 5) is 12.5. The number of carbonyl (C=O) groups excluding carboxylic acids is 1. The summed E-state index contributed by atoms with van der Waals surface area (Å²) in [6.07, 6.45) is 74.0. The third-order valence-corrected chi connectivity index (χ3v) is 15.1. The molecule has 406 valence electrons. The highest BCUT2D eigenvalue weighted by Crippen LogP contribution is 2.19. The Bertz CT molecular complexity index is 971. The van der Waals surface area contributed by atoms with Crippen LogP contribution in [0.4, 0.5) is 0 Å². The maximum atomic E-state index is 12.5. The molecular weight excluding hydrogens is 835 g/mol. The first-order valence-corrected chi connectivity index (χ1v) is 31.5. The molecule has 0 aliphatic carbocycles. The Kier molecular flexibility index (Phi) is 57.9. The van der Waals surface area contributed by atoms with Crippen LogP contribution in [0.15, 0.2) is 12.2 Å². The molecule has 1 amide bonds. The molecule has 4 N–H and O–H groups in total. The third kappa shape index (κ3) is 52.9. The number of amides is 1. The van der Waals surface area contributed by atoms with Crippen molar-refractivity contribution in [3.05, 3.63) is 12.2 Å². The van der Waals surface area contributed by atoms with Crippen molar-refractivity contribution in [1.82, 2.24) is 5.32 Å². The smallest absolute Gasteiger partial charge is 0.220 e. The highest BCUT2D eigenvalue weighted by Gasteiger charge is 2.26. The average molecular weight is 961 g/mol. The predicted molar refractivity (Wildman–Crippen MR) is 301 cm³/mol. The van der Waals surface area contributed by atoms with Gasteiger partial charge < -0.3 is 20.6 Å². The Morgan fingerprint density at radius 2 is 0.588 bits per heavy atom. The second-order valence-electron chi connectivity index (χ2n) is 22.0. The molecule has 0 saturated heterocycles. The van der Waals surface area contributed by atoms with Crippen LogP contribution in [0.5, 0.6) is 0 Å². The molecule has 0 aliphatic heterocycles. The predicted octanol–water partition coefficient (Wildman–Crippen LogP) is 19.8. The fourth-order valence-corrected chi connectivity index (χ4v) is 10.3. The summed E-state index contributed by atoms with van der Waals surface area (Å²) < 4.78 is 0. The van der Waals surface area contributed by atoms with E-state index < -0.39 is 18.2 Å². The van der Waals surface area contributed by atoms with Crippen LogP contribution in [0.25, 0.3) is 0 Å². The Labute approximate surface area is 427 Å². The van der Waals surface area contributed by atoms with E-state index in [1.54, 1.807) is 0 Å². The van der Waals surface area contributed by atoms with Crippen LogP contribution in [0.1, 0.15) is 361 Å². The lowest BCUT2D eigenvalue weighted by atomic mass is 10.0.